The van der Waals surface area contributed by atoms with Crippen molar-refractivity contribution in [2.75, 3.05) is 6.54 Å². The van der Waals surface area contributed by atoms with Gasteiger partial charge in [0.2, 0.25) is 5.91 Å². The fourth-order valence-electron chi connectivity index (χ4n) is 2.05. The Balaban J connectivity index is 2.37. The van der Waals surface area contributed by atoms with Gasteiger partial charge in [-0.15, -0.1) is 11.3 Å². The molecule has 0 fully saturated rings. The summed E-state index contributed by atoms with van der Waals surface area (Å²) in [5.74, 6) is -1.27. The first-order valence-corrected chi connectivity index (χ1v) is 8.63. The number of amides is 2. The van der Waals surface area contributed by atoms with Crippen molar-refractivity contribution in [3.8, 4) is 0 Å². The summed E-state index contributed by atoms with van der Waals surface area (Å²) in [6.07, 6.45) is 2.23. The highest BCUT2D eigenvalue weighted by Crippen LogP contribution is 2.10. The summed E-state index contributed by atoms with van der Waals surface area (Å²) in [5.41, 5.74) is 0. The Labute approximate surface area is 140 Å². The maximum Gasteiger partial charge on any atom is 0.303 e. The van der Waals surface area contributed by atoms with E-state index in [1.54, 1.807) is 12.1 Å². The zero-order valence-corrected chi connectivity index (χ0v) is 14.3. The van der Waals surface area contributed by atoms with Crippen LogP contribution in [0.5, 0.6) is 0 Å². The Morgan fingerprint density at radius 2 is 1.96 bits per heavy atom. The van der Waals surface area contributed by atoms with Crippen molar-refractivity contribution < 1.29 is 19.5 Å². The molecule has 1 aromatic rings. The van der Waals surface area contributed by atoms with Crippen LogP contribution < -0.4 is 10.6 Å². The van der Waals surface area contributed by atoms with Crippen LogP contribution in [0, 0.1) is 5.92 Å². The number of carbonyl (C=O) groups is 3. The molecule has 0 aliphatic rings. The van der Waals surface area contributed by atoms with Crippen LogP contribution >= 0.6 is 11.3 Å². The van der Waals surface area contributed by atoms with E-state index in [1.165, 1.54) is 11.3 Å². The van der Waals surface area contributed by atoms with Crippen molar-refractivity contribution in [3.63, 3.8) is 0 Å². The lowest BCUT2D eigenvalue weighted by Gasteiger charge is -2.21. The van der Waals surface area contributed by atoms with Crippen molar-refractivity contribution in [2.45, 2.75) is 45.6 Å². The molecular weight excluding hydrogens is 316 g/mol. The van der Waals surface area contributed by atoms with E-state index >= 15 is 0 Å². The zero-order chi connectivity index (χ0) is 17.2. The van der Waals surface area contributed by atoms with E-state index in [9.17, 15) is 14.4 Å². The van der Waals surface area contributed by atoms with Crippen LogP contribution in [0.4, 0.5) is 0 Å². The van der Waals surface area contributed by atoms with Gasteiger partial charge in [-0.2, -0.15) is 0 Å². The number of nitrogens with one attached hydrogen (secondary N) is 2. The van der Waals surface area contributed by atoms with Gasteiger partial charge in [0.1, 0.15) is 6.04 Å². The molecule has 0 aliphatic heterocycles. The smallest absolute Gasteiger partial charge is 0.303 e. The molecule has 0 saturated carbocycles. The molecule has 2 amide bonds. The van der Waals surface area contributed by atoms with Crippen molar-refractivity contribution in [1.82, 2.24) is 10.6 Å². The summed E-state index contributed by atoms with van der Waals surface area (Å²) in [6.45, 7) is 4.24. The third-order valence-electron chi connectivity index (χ3n) is 3.35. The van der Waals surface area contributed by atoms with Crippen molar-refractivity contribution in [3.05, 3.63) is 22.4 Å². The first-order valence-electron chi connectivity index (χ1n) is 7.75. The Kier molecular flexibility index (Phi) is 8.32. The normalized spacial score (nSPS) is 12.0. The lowest BCUT2D eigenvalue weighted by molar-refractivity contribution is -0.137. The van der Waals surface area contributed by atoms with Gasteiger partial charge in [-0.25, -0.2) is 0 Å². The number of rotatable bonds is 10. The predicted molar refractivity (Wildman–Crippen MR) is 89.5 cm³/mol. The van der Waals surface area contributed by atoms with Crippen molar-refractivity contribution in [1.29, 1.82) is 0 Å². The van der Waals surface area contributed by atoms with Gasteiger partial charge in [-0.05, 0) is 30.2 Å². The molecule has 0 spiro atoms. The Morgan fingerprint density at radius 3 is 2.52 bits per heavy atom. The Bertz CT molecular complexity index is 514. The molecule has 128 valence electrons. The van der Waals surface area contributed by atoms with E-state index < -0.39 is 12.0 Å². The highest BCUT2D eigenvalue weighted by Gasteiger charge is 2.24. The van der Waals surface area contributed by atoms with Gasteiger partial charge in [0.25, 0.3) is 5.91 Å². The molecule has 0 radical (unpaired) electrons. The van der Waals surface area contributed by atoms with Gasteiger partial charge < -0.3 is 15.7 Å². The lowest BCUT2D eigenvalue weighted by Crippen LogP contribution is -2.49. The fourth-order valence-corrected chi connectivity index (χ4v) is 2.68. The summed E-state index contributed by atoms with van der Waals surface area (Å²) in [6, 6.07) is 2.93. The third kappa shape index (κ3) is 7.27. The van der Waals surface area contributed by atoms with Crippen LogP contribution in [-0.4, -0.2) is 35.5 Å². The highest BCUT2D eigenvalue weighted by atomic mass is 32.1. The van der Waals surface area contributed by atoms with Gasteiger partial charge in [0.05, 0.1) is 4.88 Å². The molecule has 7 heteroatoms. The summed E-state index contributed by atoms with van der Waals surface area (Å²) < 4.78 is 0. The average molecular weight is 340 g/mol. The molecule has 1 aromatic heterocycles. The van der Waals surface area contributed by atoms with Crippen LogP contribution in [0.1, 0.15) is 49.2 Å². The molecule has 0 aliphatic carbocycles. The maximum atomic E-state index is 12.2. The van der Waals surface area contributed by atoms with Gasteiger partial charge in [0.15, 0.2) is 0 Å². The molecular formula is C16H24N2O4S. The molecule has 1 heterocycles. The van der Waals surface area contributed by atoms with Gasteiger partial charge >= 0.3 is 5.97 Å². The fraction of sp³-hybridized carbons (Fsp3) is 0.562. The minimum Gasteiger partial charge on any atom is -0.481 e. The highest BCUT2D eigenvalue weighted by molar-refractivity contribution is 7.12. The minimum atomic E-state index is -0.801. The Hall–Kier alpha value is -1.89. The lowest BCUT2D eigenvalue weighted by atomic mass is 10.0. The number of unbranched alkanes of at least 4 members (excludes halogenated alkanes) is 2. The quantitative estimate of drug-likeness (QED) is 0.569. The van der Waals surface area contributed by atoms with Gasteiger partial charge in [-0.1, -0.05) is 26.3 Å². The number of carboxylic acid groups (broad SMARTS) is 1. The second-order valence-electron chi connectivity index (χ2n) is 5.67. The van der Waals surface area contributed by atoms with E-state index in [-0.39, 0.29) is 24.2 Å². The first kappa shape index (κ1) is 19.2. The summed E-state index contributed by atoms with van der Waals surface area (Å²) in [7, 11) is 0. The summed E-state index contributed by atoms with van der Waals surface area (Å²) >= 11 is 1.33. The molecule has 23 heavy (non-hydrogen) atoms. The molecule has 6 nitrogen and oxygen atoms in total. The number of carboxylic acids is 1. The standard InChI is InChI=1S/C16H24N2O4S/c1-11(2)14(18-15(21)12-7-6-10-23-12)16(22)17-9-5-3-4-8-13(19)20/h6-7,10-11,14H,3-5,8-9H2,1-2H3,(H,17,22)(H,18,21)(H,19,20). The Morgan fingerprint density at radius 1 is 1.22 bits per heavy atom. The molecule has 0 aromatic carbocycles. The van der Waals surface area contributed by atoms with Crippen LogP contribution in [0.2, 0.25) is 0 Å². The second-order valence-corrected chi connectivity index (χ2v) is 6.62. The van der Waals surface area contributed by atoms with Gasteiger partial charge in [-0.3, -0.25) is 14.4 Å². The van der Waals surface area contributed by atoms with E-state index in [0.717, 1.165) is 12.8 Å². The maximum absolute atomic E-state index is 12.2. The van der Waals surface area contributed by atoms with Crippen molar-refractivity contribution >= 4 is 29.1 Å². The topological polar surface area (TPSA) is 95.5 Å². The monoisotopic (exact) mass is 340 g/mol. The number of hydrogen-bond donors (Lipinski definition) is 3. The molecule has 1 rings (SSSR count). The zero-order valence-electron chi connectivity index (χ0n) is 13.5. The second kappa shape index (κ2) is 9.99. The van der Waals surface area contributed by atoms with Crippen LogP contribution in [-0.2, 0) is 9.59 Å². The molecule has 1 unspecified atom stereocenters. The number of carbonyl (C=O) groups excluding carboxylic acids is 2. The van der Waals surface area contributed by atoms with E-state index in [2.05, 4.69) is 10.6 Å². The van der Waals surface area contributed by atoms with Gasteiger partial charge in [0, 0.05) is 13.0 Å². The van der Waals surface area contributed by atoms with Crippen LogP contribution in [0.15, 0.2) is 17.5 Å². The first-order chi connectivity index (χ1) is 10.9. The van der Waals surface area contributed by atoms with Crippen LogP contribution in [0.25, 0.3) is 0 Å². The van der Waals surface area contributed by atoms with Crippen LogP contribution in [0.3, 0.4) is 0 Å². The average Bonchev–Trinajstić information content (AvgIpc) is 3.01. The summed E-state index contributed by atoms with van der Waals surface area (Å²) in [4.78, 5) is 35.3. The van der Waals surface area contributed by atoms with E-state index in [0.29, 0.717) is 17.8 Å². The molecule has 0 bridgehead atoms. The van der Waals surface area contributed by atoms with Crippen molar-refractivity contribution in [2.24, 2.45) is 5.92 Å². The molecule has 0 saturated heterocycles. The SMILES string of the molecule is CC(C)C(NC(=O)c1cccs1)C(=O)NCCCCCC(=O)O. The largest absolute Gasteiger partial charge is 0.481 e. The number of thiophene rings is 1. The number of aliphatic carboxylic acids is 1. The number of hydrogen-bond acceptors (Lipinski definition) is 4. The molecule has 1 atom stereocenters. The van der Waals surface area contributed by atoms with E-state index in [1.807, 2.05) is 19.2 Å². The minimum absolute atomic E-state index is 0.0223. The summed E-state index contributed by atoms with van der Waals surface area (Å²) in [5, 5.41) is 15.9. The van der Waals surface area contributed by atoms with E-state index in [4.69, 9.17) is 5.11 Å². The predicted octanol–water partition coefficient (Wildman–Crippen LogP) is 2.26. The third-order valence-corrected chi connectivity index (χ3v) is 4.22. The molecule has 3 N–H and O–H groups in total.